The molecule has 2 rings (SSSR count). The number of amides is 2. The molecule has 1 saturated heterocycles. The maximum Gasteiger partial charge on any atom is 0.320 e. The first-order chi connectivity index (χ1) is 9.97. The lowest BCUT2D eigenvalue weighted by molar-refractivity contribution is -0.143. The number of nitrogens with one attached hydrogen (secondary N) is 1. The number of aliphatic carboxylic acids is 1. The summed E-state index contributed by atoms with van der Waals surface area (Å²) in [6, 6.07) is -0.738. The molecule has 0 spiro atoms. The Labute approximate surface area is 121 Å². The fourth-order valence-corrected chi connectivity index (χ4v) is 2.15. The normalized spacial score (nSPS) is 17.5. The number of urea groups is 1. The van der Waals surface area contributed by atoms with Crippen molar-refractivity contribution in [2.75, 3.05) is 26.2 Å². The molecule has 1 fully saturated rings. The number of aromatic nitrogens is 2. The fourth-order valence-electron chi connectivity index (χ4n) is 2.15. The molecule has 1 aliphatic heterocycles. The molecular formula is C12H19N5O4. The van der Waals surface area contributed by atoms with Crippen molar-refractivity contribution in [1.82, 2.24) is 25.3 Å². The highest BCUT2D eigenvalue weighted by Crippen LogP contribution is 2.07. The zero-order valence-corrected chi connectivity index (χ0v) is 12.1. The molecule has 1 aromatic rings. The van der Waals surface area contributed by atoms with Crippen molar-refractivity contribution in [1.29, 1.82) is 0 Å². The van der Waals surface area contributed by atoms with Crippen molar-refractivity contribution in [2.45, 2.75) is 26.4 Å². The van der Waals surface area contributed by atoms with Crippen LogP contribution in [0.2, 0.25) is 0 Å². The minimum absolute atomic E-state index is 0.208. The molecule has 2 N–H and O–H groups in total. The molecule has 2 amide bonds. The molecule has 21 heavy (non-hydrogen) atoms. The summed E-state index contributed by atoms with van der Waals surface area (Å²) in [4.78, 5) is 30.4. The summed E-state index contributed by atoms with van der Waals surface area (Å²) >= 11 is 0. The van der Waals surface area contributed by atoms with Gasteiger partial charge in [0.25, 0.3) is 0 Å². The second kappa shape index (κ2) is 6.53. The van der Waals surface area contributed by atoms with Gasteiger partial charge in [-0.3, -0.25) is 9.69 Å². The van der Waals surface area contributed by atoms with E-state index in [0.29, 0.717) is 37.9 Å². The average molecular weight is 297 g/mol. The Morgan fingerprint density at radius 3 is 2.57 bits per heavy atom. The fraction of sp³-hybridized carbons (Fsp3) is 0.667. The third-order valence-electron chi connectivity index (χ3n) is 3.47. The quantitative estimate of drug-likeness (QED) is 0.783. The molecule has 1 aromatic heterocycles. The van der Waals surface area contributed by atoms with Gasteiger partial charge < -0.3 is 19.8 Å². The molecule has 0 aromatic carbocycles. The molecule has 0 bridgehead atoms. The zero-order chi connectivity index (χ0) is 15.4. The van der Waals surface area contributed by atoms with Crippen LogP contribution >= 0.6 is 0 Å². The van der Waals surface area contributed by atoms with Gasteiger partial charge in [0.05, 0.1) is 6.54 Å². The first-order valence-electron chi connectivity index (χ1n) is 6.76. The molecule has 116 valence electrons. The summed E-state index contributed by atoms with van der Waals surface area (Å²) in [5, 5.41) is 15.4. The minimum atomic E-state index is -0.847. The maximum absolute atomic E-state index is 12.0. The molecule has 1 unspecified atom stereocenters. The molecular weight excluding hydrogens is 278 g/mol. The van der Waals surface area contributed by atoms with E-state index in [2.05, 4.69) is 15.5 Å². The van der Waals surface area contributed by atoms with Crippen molar-refractivity contribution >= 4 is 12.0 Å². The van der Waals surface area contributed by atoms with Crippen molar-refractivity contribution in [3.05, 3.63) is 11.7 Å². The van der Waals surface area contributed by atoms with E-state index in [-0.39, 0.29) is 12.6 Å². The SMILES string of the molecule is Cc1nc(CNC(=O)N2CCN(C(C)C(=O)O)CC2)no1. The van der Waals surface area contributed by atoms with Gasteiger partial charge in [-0.05, 0) is 6.92 Å². The van der Waals surface area contributed by atoms with Crippen LogP contribution in [0.5, 0.6) is 0 Å². The van der Waals surface area contributed by atoms with Gasteiger partial charge in [0.1, 0.15) is 6.04 Å². The number of nitrogens with zero attached hydrogens (tertiary/aromatic N) is 4. The summed E-state index contributed by atoms with van der Waals surface area (Å²) in [5.41, 5.74) is 0. The maximum atomic E-state index is 12.0. The Balaban J connectivity index is 1.76. The van der Waals surface area contributed by atoms with E-state index in [4.69, 9.17) is 9.63 Å². The molecule has 1 aliphatic rings. The number of carboxylic acid groups (broad SMARTS) is 1. The van der Waals surface area contributed by atoms with E-state index >= 15 is 0 Å². The van der Waals surface area contributed by atoms with Crippen molar-refractivity contribution in [3.63, 3.8) is 0 Å². The first-order valence-corrected chi connectivity index (χ1v) is 6.76. The number of carbonyl (C=O) groups excluding carboxylic acids is 1. The minimum Gasteiger partial charge on any atom is -0.480 e. The van der Waals surface area contributed by atoms with Crippen LogP contribution in [-0.2, 0) is 11.3 Å². The van der Waals surface area contributed by atoms with Gasteiger partial charge >= 0.3 is 12.0 Å². The Kier molecular flexibility index (Phi) is 4.73. The van der Waals surface area contributed by atoms with Gasteiger partial charge in [-0.1, -0.05) is 5.16 Å². The number of rotatable bonds is 4. The van der Waals surface area contributed by atoms with Gasteiger partial charge in [-0.2, -0.15) is 4.98 Å². The summed E-state index contributed by atoms with van der Waals surface area (Å²) in [5.74, 6) is 0.0369. The molecule has 0 aliphatic carbocycles. The molecule has 9 nitrogen and oxygen atoms in total. The molecule has 0 radical (unpaired) electrons. The monoisotopic (exact) mass is 297 g/mol. The Hall–Kier alpha value is -2.16. The lowest BCUT2D eigenvalue weighted by atomic mass is 10.2. The number of hydrogen-bond acceptors (Lipinski definition) is 6. The van der Waals surface area contributed by atoms with Crippen LogP contribution in [-0.4, -0.2) is 69.3 Å². The van der Waals surface area contributed by atoms with E-state index in [1.807, 2.05) is 4.90 Å². The summed E-state index contributed by atoms with van der Waals surface area (Å²) in [6.45, 7) is 5.62. The van der Waals surface area contributed by atoms with Gasteiger partial charge in [0.15, 0.2) is 5.82 Å². The summed E-state index contributed by atoms with van der Waals surface area (Å²) in [6.07, 6.45) is 0. The predicted molar refractivity (Wildman–Crippen MR) is 71.5 cm³/mol. The Bertz CT molecular complexity index is 510. The van der Waals surface area contributed by atoms with Gasteiger partial charge in [-0.15, -0.1) is 0 Å². The third-order valence-corrected chi connectivity index (χ3v) is 3.47. The second-order valence-electron chi connectivity index (χ2n) is 4.93. The summed E-state index contributed by atoms with van der Waals surface area (Å²) in [7, 11) is 0. The highest BCUT2D eigenvalue weighted by Gasteiger charge is 2.27. The standard InChI is InChI=1S/C12H19N5O4/c1-8(11(18)19)16-3-5-17(6-4-16)12(20)13-7-10-14-9(2)21-15-10/h8H,3-7H2,1-2H3,(H,13,20)(H,18,19). The molecule has 2 heterocycles. The van der Waals surface area contributed by atoms with E-state index in [1.54, 1.807) is 18.7 Å². The first kappa shape index (κ1) is 15.2. The Morgan fingerprint density at radius 1 is 1.38 bits per heavy atom. The van der Waals surface area contributed by atoms with Gasteiger partial charge in [0.2, 0.25) is 5.89 Å². The number of carboxylic acids is 1. The van der Waals surface area contributed by atoms with E-state index < -0.39 is 12.0 Å². The van der Waals surface area contributed by atoms with Crippen molar-refractivity contribution in [3.8, 4) is 0 Å². The van der Waals surface area contributed by atoms with Gasteiger partial charge in [0, 0.05) is 33.1 Å². The highest BCUT2D eigenvalue weighted by atomic mass is 16.5. The lowest BCUT2D eigenvalue weighted by Crippen LogP contribution is -2.55. The largest absolute Gasteiger partial charge is 0.480 e. The topological polar surface area (TPSA) is 112 Å². The van der Waals surface area contributed by atoms with E-state index in [0.717, 1.165) is 0 Å². The Morgan fingerprint density at radius 2 is 2.05 bits per heavy atom. The van der Waals surface area contributed by atoms with Crippen LogP contribution in [0.4, 0.5) is 4.79 Å². The van der Waals surface area contributed by atoms with Crippen molar-refractivity contribution in [2.24, 2.45) is 0 Å². The van der Waals surface area contributed by atoms with E-state index in [9.17, 15) is 9.59 Å². The van der Waals surface area contributed by atoms with Crippen LogP contribution in [0, 0.1) is 6.92 Å². The van der Waals surface area contributed by atoms with Crippen LogP contribution in [0.3, 0.4) is 0 Å². The van der Waals surface area contributed by atoms with Crippen LogP contribution in [0.1, 0.15) is 18.6 Å². The predicted octanol–water partition coefficient (Wildman–Crippen LogP) is -0.322. The zero-order valence-electron chi connectivity index (χ0n) is 12.1. The number of hydrogen-bond donors (Lipinski definition) is 2. The third kappa shape index (κ3) is 3.91. The van der Waals surface area contributed by atoms with Gasteiger partial charge in [-0.25, -0.2) is 4.79 Å². The van der Waals surface area contributed by atoms with Crippen LogP contribution in [0.15, 0.2) is 4.52 Å². The molecule has 0 saturated carbocycles. The molecule has 1 atom stereocenters. The number of piperazine rings is 1. The van der Waals surface area contributed by atoms with Crippen LogP contribution in [0.25, 0.3) is 0 Å². The van der Waals surface area contributed by atoms with E-state index in [1.165, 1.54) is 0 Å². The highest BCUT2D eigenvalue weighted by molar-refractivity contribution is 5.74. The second-order valence-corrected chi connectivity index (χ2v) is 4.93. The smallest absolute Gasteiger partial charge is 0.320 e. The number of carbonyl (C=O) groups is 2. The number of aryl methyl sites for hydroxylation is 1. The summed E-state index contributed by atoms with van der Waals surface area (Å²) < 4.78 is 4.82. The molecule has 9 heteroatoms. The average Bonchev–Trinajstić information content (AvgIpc) is 2.89. The van der Waals surface area contributed by atoms with Crippen LogP contribution < -0.4 is 5.32 Å². The van der Waals surface area contributed by atoms with Crippen molar-refractivity contribution < 1.29 is 19.2 Å². The lowest BCUT2D eigenvalue weighted by Gasteiger charge is -2.36.